The number of hydrogen-bond acceptors (Lipinski definition) is 5. The second-order valence-electron chi connectivity index (χ2n) is 5.97. The van der Waals surface area contributed by atoms with Gasteiger partial charge in [0.05, 0.1) is 17.6 Å². The van der Waals surface area contributed by atoms with E-state index in [0.717, 1.165) is 4.90 Å². The van der Waals surface area contributed by atoms with Gasteiger partial charge in [0, 0.05) is 28.6 Å². The highest BCUT2D eigenvalue weighted by atomic mass is 32.2. The second kappa shape index (κ2) is 5.10. The molecule has 0 bridgehead atoms. The lowest BCUT2D eigenvalue weighted by molar-refractivity contribution is -0.169. The van der Waals surface area contributed by atoms with Crippen molar-refractivity contribution in [3.8, 4) is 0 Å². The van der Waals surface area contributed by atoms with Gasteiger partial charge in [0.15, 0.2) is 0 Å². The van der Waals surface area contributed by atoms with Gasteiger partial charge in [-0.3, -0.25) is 9.78 Å². The van der Waals surface area contributed by atoms with Gasteiger partial charge in [-0.05, 0) is 26.0 Å². The number of aromatic nitrogens is 1. The Balaban J connectivity index is 1.91. The highest BCUT2D eigenvalue weighted by Gasteiger charge is 2.59. The Morgan fingerprint density at radius 2 is 2.05 bits per heavy atom. The molecule has 0 aliphatic carbocycles. The molecule has 0 radical (unpaired) electrons. The Kier molecular flexibility index (Phi) is 3.49. The number of carboxylic acid groups (broad SMARTS) is 1. The number of nitrogens with zero attached hydrogens (tertiary/aromatic N) is 2. The highest BCUT2D eigenvalue weighted by Crippen LogP contribution is 2.50. The first-order valence-electron chi connectivity index (χ1n) is 6.90. The molecule has 1 aromatic heterocycles. The van der Waals surface area contributed by atoms with Gasteiger partial charge in [0.2, 0.25) is 5.91 Å². The molecule has 1 fully saturated rings. The van der Waals surface area contributed by atoms with Crippen LogP contribution in [-0.4, -0.2) is 43.6 Å². The van der Waals surface area contributed by atoms with Crippen LogP contribution in [0.4, 0.5) is 0 Å². The number of rotatable bonds is 4. The Morgan fingerprint density at radius 1 is 1.41 bits per heavy atom. The summed E-state index contributed by atoms with van der Waals surface area (Å²) < 4.78 is 0. The quantitative estimate of drug-likeness (QED) is 0.817. The third-order valence-corrected chi connectivity index (χ3v) is 5.09. The summed E-state index contributed by atoms with van der Waals surface area (Å²) >= 11 is 1.33. The lowest BCUT2D eigenvalue weighted by atomic mass is 9.76. The van der Waals surface area contributed by atoms with Gasteiger partial charge >= 0.3 is 5.97 Å². The highest BCUT2D eigenvalue weighted by molar-refractivity contribution is 8.03. The van der Waals surface area contributed by atoms with Crippen LogP contribution in [0.15, 0.2) is 40.0 Å². The molecule has 2 atom stereocenters. The zero-order valence-corrected chi connectivity index (χ0v) is 13.0. The molecule has 0 unspecified atom stereocenters. The van der Waals surface area contributed by atoms with Gasteiger partial charge in [0.25, 0.3) is 0 Å². The van der Waals surface area contributed by atoms with Crippen LogP contribution >= 0.6 is 11.8 Å². The monoisotopic (exact) mass is 320 g/mol. The van der Waals surface area contributed by atoms with Gasteiger partial charge < -0.3 is 15.1 Å². The van der Waals surface area contributed by atoms with Crippen molar-refractivity contribution < 1.29 is 19.8 Å². The van der Waals surface area contributed by atoms with Gasteiger partial charge in [0.1, 0.15) is 5.70 Å². The van der Waals surface area contributed by atoms with Crippen LogP contribution in [0.2, 0.25) is 0 Å². The van der Waals surface area contributed by atoms with Crippen LogP contribution < -0.4 is 0 Å². The molecule has 0 aromatic carbocycles. The number of hydrogen-bond donors (Lipinski definition) is 2. The molecule has 0 spiro atoms. The number of carboxylic acids is 1. The van der Waals surface area contributed by atoms with Crippen LogP contribution in [0.3, 0.4) is 0 Å². The van der Waals surface area contributed by atoms with E-state index in [1.807, 2.05) is 0 Å². The molecule has 22 heavy (non-hydrogen) atoms. The van der Waals surface area contributed by atoms with E-state index in [9.17, 15) is 19.8 Å². The van der Waals surface area contributed by atoms with Crippen molar-refractivity contribution in [2.24, 2.45) is 5.92 Å². The van der Waals surface area contributed by atoms with Crippen LogP contribution in [0, 0.1) is 5.92 Å². The maximum absolute atomic E-state index is 12.3. The van der Waals surface area contributed by atoms with E-state index in [2.05, 4.69) is 4.98 Å². The van der Waals surface area contributed by atoms with Gasteiger partial charge in [-0.25, -0.2) is 4.79 Å². The summed E-state index contributed by atoms with van der Waals surface area (Å²) in [7, 11) is 0. The van der Waals surface area contributed by atoms with Crippen LogP contribution in [-0.2, 0) is 9.59 Å². The maximum Gasteiger partial charge on any atom is 0.353 e. The van der Waals surface area contributed by atoms with Crippen molar-refractivity contribution in [2.45, 2.75) is 36.8 Å². The number of pyridine rings is 1. The van der Waals surface area contributed by atoms with Gasteiger partial charge in [-0.2, -0.15) is 0 Å². The summed E-state index contributed by atoms with van der Waals surface area (Å²) in [5.74, 6) is -1.99. The first kappa shape index (κ1) is 15.1. The average Bonchev–Trinajstić information content (AvgIpc) is 2.72. The van der Waals surface area contributed by atoms with Crippen molar-refractivity contribution in [1.29, 1.82) is 0 Å². The van der Waals surface area contributed by atoms with E-state index in [0.29, 0.717) is 11.3 Å². The van der Waals surface area contributed by atoms with Gasteiger partial charge in [-0.1, -0.05) is 11.8 Å². The minimum atomic E-state index is -1.15. The van der Waals surface area contributed by atoms with Crippen molar-refractivity contribution in [3.63, 3.8) is 0 Å². The molecule has 1 aromatic rings. The van der Waals surface area contributed by atoms with Crippen molar-refractivity contribution in [3.05, 3.63) is 35.1 Å². The first-order valence-corrected chi connectivity index (χ1v) is 7.72. The first-order chi connectivity index (χ1) is 10.3. The molecule has 2 N–H and O–H groups in total. The third-order valence-electron chi connectivity index (χ3n) is 3.97. The molecular formula is C15H16N2O4S. The van der Waals surface area contributed by atoms with E-state index in [-0.39, 0.29) is 17.6 Å². The Bertz CT molecular complexity index is 666. The molecule has 2 aliphatic heterocycles. The Labute approximate surface area is 131 Å². The van der Waals surface area contributed by atoms with Crippen LogP contribution in [0.5, 0.6) is 0 Å². The van der Waals surface area contributed by atoms with Gasteiger partial charge in [-0.15, -0.1) is 0 Å². The van der Waals surface area contributed by atoms with E-state index >= 15 is 0 Å². The van der Waals surface area contributed by atoms with Crippen LogP contribution in [0.25, 0.3) is 0 Å². The van der Waals surface area contributed by atoms with Crippen LogP contribution in [0.1, 0.15) is 20.3 Å². The predicted octanol–water partition coefficient (Wildman–Crippen LogP) is 1.47. The topological polar surface area (TPSA) is 90.7 Å². The molecular weight excluding hydrogens is 304 g/mol. The number of aliphatic carboxylic acids is 1. The smallest absolute Gasteiger partial charge is 0.353 e. The molecule has 3 rings (SSSR count). The standard InChI is InChI=1S/C15H16N2O4S/c1-15(2,21)11-9-7-10(22-8-3-5-16-6-4-8)12(14(19)20)17(9)13(11)18/h3-6,9,11,21H,7H2,1-2H3,(H,19,20)/t9-,11+/m1/s1. The van der Waals surface area contributed by atoms with E-state index in [4.69, 9.17) is 0 Å². The lowest BCUT2D eigenvalue weighted by Crippen LogP contribution is -2.65. The maximum atomic E-state index is 12.3. The van der Waals surface area contributed by atoms with Crippen molar-refractivity contribution >= 4 is 23.6 Å². The number of carbonyl (C=O) groups is 2. The Morgan fingerprint density at radius 3 is 2.59 bits per heavy atom. The normalized spacial score (nSPS) is 24.3. The minimum Gasteiger partial charge on any atom is -0.477 e. The zero-order chi connectivity index (χ0) is 16.1. The number of thioether (sulfide) groups is 1. The van der Waals surface area contributed by atoms with Crippen molar-refractivity contribution in [2.75, 3.05) is 0 Å². The number of carbonyl (C=O) groups excluding carboxylic acids is 1. The summed E-state index contributed by atoms with van der Waals surface area (Å²) in [6.07, 6.45) is 3.73. The molecule has 3 heterocycles. The van der Waals surface area contributed by atoms with E-state index in [1.165, 1.54) is 16.7 Å². The molecule has 1 saturated heterocycles. The fourth-order valence-electron chi connectivity index (χ4n) is 3.08. The number of amides is 1. The number of β-lactam (4-membered cyclic amide) rings is 1. The molecule has 1 amide bonds. The minimum absolute atomic E-state index is 0.0392. The average molecular weight is 320 g/mol. The summed E-state index contributed by atoms with van der Waals surface area (Å²) in [5, 5.41) is 19.6. The second-order valence-corrected chi connectivity index (χ2v) is 7.14. The summed E-state index contributed by atoms with van der Waals surface area (Å²) in [5.41, 5.74) is -1.11. The molecule has 7 heteroatoms. The number of aliphatic hydroxyl groups is 1. The zero-order valence-electron chi connectivity index (χ0n) is 12.2. The van der Waals surface area contributed by atoms with Crippen molar-refractivity contribution in [1.82, 2.24) is 9.88 Å². The molecule has 0 saturated carbocycles. The third kappa shape index (κ3) is 2.30. The summed E-state index contributed by atoms with van der Waals surface area (Å²) in [4.78, 5) is 30.6. The molecule has 116 valence electrons. The summed E-state index contributed by atoms with van der Waals surface area (Å²) in [6.45, 7) is 3.17. The SMILES string of the molecule is CC(C)(O)[C@@H]1C(=O)N2C(C(=O)O)=C(Sc3ccncc3)C[C@H]12. The predicted molar refractivity (Wildman–Crippen MR) is 79.8 cm³/mol. The summed E-state index contributed by atoms with van der Waals surface area (Å²) in [6, 6.07) is 3.31. The number of fused-ring (bicyclic) bond motifs is 1. The Hall–Kier alpha value is -1.86. The molecule has 6 nitrogen and oxygen atoms in total. The fourth-order valence-corrected chi connectivity index (χ4v) is 4.16. The largest absolute Gasteiger partial charge is 0.477 e. The van der Waals surface area contributed by atoms with E-state index in [1.54, 1.807) is 38.4 Å². The fraction of sp³-hybridized carbons (Fsp3) is 0.400. The van der Waals surface area contributed by atoms with E-state index < -0.39 is 17.5 Å². The lowest BCUT2D eigenvalue weighted by Gasteiger charge is -2.48. The molecule has 2 aliphatic rings.